The lowest BCUT2D eigenvalue weighted by Crippen LogP contribution is -2.83. The van der Waals surface area contributed by atoms with Crippen molar-refractivity contribution in [3.05, 3.63) is 51.5 Å². The molecule has 2 heterocycles. The van der Waals surface area contributed by atoms with Gasteiger partial charge in [0.15, 0.2) is 11.4 Å². The fourth-order valence-corrected chi connectivity index (χ4v) is 7.63. The number of hydrogen-bond acceptors (Lipinski definition) is 9. The number of aliphatic hydroxyl groups is 3. The molecule has 1 unspecified atom stereocenters. The summed E-state index contributed by atoms with van der Waals surface area (Å²) in [5, 5.41) is 47.9. The van der Waals surface area contributed by atoms with Gasteiger partial charge in [0.2, 0.25) is 5.78 Å². The molecule has 5 aliphatic rings. The number of phenolic OH excluding ortho intramolecular Hbond substituents is 1. The molecule has 7 N–H and O–H groups in total. The van der Waals surface area contributed by atoms with Gasteiger partial charge >= 0.3 is 0 Å². The number of rotatable bonds is 2. The first kappa shape index (κ1) is 23.2. The second-order valence-electron chi connectivity index (χ2n) is 10.9. The molecule has 6 rings (SSSR count). The minimum atomic E-state index is -2.62. The lowest BCUT2D eigenvalue weighted by molar-refractivity contribution is -0.191. The molecule has 2 fully saturated rings. The molecule has 1 aromatic carbocycles. The summed E-state index contributed by atoms with van der Waals surface area (Å²) in [5.41, 5.74) is 2.00. The molecule has 0 aromatic heterocycles. The van der Waals surface area contributed by atoms with Crippen LogP contribution >= 0.6 is 0 Å². The highest BCUT2D eigenvalue weighted by atomic mass is 16.4. The van der Waals surface area contributed by atoms with Crippen LogP contribution in [0.5, 0.6) is 5.75 Å². The number of nitrogens with two attached hydrogens (primary N) is 1. The Hall–Kier alpha value is -3.21. The average molecular weight is 496 g/mol. The number of ketones is 2. The van der Waals surface area contributed by atoms with Gasteiger partial charge in [0.25, 0.3) is 5.91 Å². The molecule has 1 aromatic rings. The van der Waals surface area contributed by atoms with E-state index in [1.165, 1.54) is 0 Å². The van der Waals surface area contributed by atoms with Crippen LogP contribution in [0.2, 0.25) is 0 Å². The van der Waals surface area contributed by atoms with E-state index in [1.807, 2.05) is 13.1 Å². The zero-order valence-corrected chi connectivity index (χ0v) is 20.0. The molecule has 36 heavy (non-hydrogen) atoms. The Labute approximate surface area is 207 Å². The predicted molar refractivity (Wildman–Crippen MR) is 126 cm³/mol. The van der Waals surface area contributed by atoms with Crippen molar-refractivity contribution < 1.29 is 34.8 Å². The maximum Gasteiger partial charge on any atom is 0.255 e. The van der Waals surface area contributed by atoms with Gasteiger partial charge in [0, 0.05) is 17.7 Å². The first-order valence-electron chi connectivity index (χ1n) is 12.3. The van der Waals surface area contributed by atoms with Crippen LogP contribution in [0, 0.1) is 11.3 Å². The summed E-state index contributed by atoms with van der Waals surface area (Å²) in [4.78, 5) is 41.3. The lowest BCUT2D eigenvalue weighted by Gasteiger charge is -2.66. The highest BCUT2D eigenvalue weighted by Gasteiger charge is 2.76. The summed E-state index contributed by atoms with van der Waals surface area (Å²) < 4.78 is 0. The van der Waals surface area contributed by atoms with Crippen LogP contribution in [0.1, 0.15) is 53.7 Å². The molecule has 1 amide bonds. The Morgan fingerprint density at radius 1 is 1.22 bits per heavy atom. The molecular formula is C26H29N3O7. The van der Waals surface area contributed by atoms with Crippen molar-refractivity contribution in [3.8, 4) is 5.75 Å². The highest BCUT2D eigenvalue weighted by molar-refractivity contribution is 6.25. The quantitative estimate of drug-likeness (QED) is 0.323. The first-order valence-corrected chi connectivity index (χ1v) is 12.3. The van der Waals surface area contributed by atoms with Gasteiger partial charge in [-0.3, -0.25) is 19.3 Å². The molecule has 2 aliphatic heterocycles. The van der Waals surface area contributed by atoms with Crippen molar-refractivity contribution in [2.75, 3.05) is 13.6 Å². The number of fused-ring (bicyclic) bond motifs is 2. The van der Waals surface area contributed by atoms with E-state index >= 15 is 0 Å². The molecule has 1 spiro atoms. The Kier molecular flexibility index (Phi) is 4.63. The van der Waals surface area contributed by atoms with Crippen molar-refractivity contribution in [2.24, 2.45) is 17.1 Å². The van der Waals surface area contributed by atoms with E-state index in [4.69, 9.17) is 5.73 Å². The number of aliphatic hydroxyl groups excluding tert-OH is 2. The summed E-state index contributed by atoms with van der Waals surface area (Å²) in [6, 6.07) is 2.11. The van der Waals surface area contributed by atoms with E-state index in [0.29, 0.717) is 12.0 Å². The average Bonchev–Trinajstić information content (AvgIpc) is 3.23. The highest BCUT2D eigenvalue weighted by Crippen LogP contribution is 2.63. The molecule has 0 bridgehead atoms. The molecule has 6 atom stereocenters. The summed E-state index contributed by atoms with van der Waals surface area (Å²) in [5.74, 6) is -5.27. The number of Topliss-reactive ketones (excluding diaryl/α,β-unsaturated/α-hetero) is 2. The largest absolute Gasteiger partial charge is 0.510 e. The van der Waals surface area contributed by atoms with E-state index in [1.54, 1.807) is 13.0 Å². The number of carbonyl (C=O) groups is 3. The van der Waals surface area contributed by atoms with Gasteiger partial charge in [-0.25, -0.2) is 0 Å². The van der Waals surface area contributed by atoms with Crippen LogP contribution < -0.4 is 11.1 Å². The van der Waals surface area contributed by atoms with E-state index in [0.717, 1.165) is 24.9 Å². The summed E-state index contributed by atoms with van der Waals surface area (Å²) >= 11 is 0. The minimum Gasteiger partial charge on any atom is -0.510 e. The number of primary amides is 1. The molecule has 0 radical (unpaired) electrons. The number of aromatic hydroxyl groups is 1. The van der Waals surface area contributed by atoms with Gasteiger partial charge in [-0.2, -0.15) is 0 Å². The number of likely N-dealkylation sites (tertiary alicyclic amines) is 1. The Morgan fingerprint density at radius 2 is 1.94 bits per heavy atom. The van der Waals surface area contributed by atoms with Gasteiger partial charge in [-0.05, 0) is 69.3 Å². The van der Waals surface area contributed by atoms with E-state index < -0.39 is 63.6 Å². The van der Waals surface area contributed by atoms with Crippen LogP contribution in [-0.2, 0) is 16.0 Å². The number of carbonyl (C=O) groups excluding carboxylic acids is 3. The second kappa shape index (κ2) is 7.18. The maximum atomic E-state index is 13.7. The molecule has 0 saturated carbocycles. The second-order valence-corrected chi connectivity index (χ2v) is 10.9. The topological polar surface area (TPSA) is 173 Å². The molecule has 10 nitrogen and oxygen atoms in total. The summed E-state index contributed by atoms with van der Waals surface area (Å²) in [7, 11) is 2.02. The third kappa shape index (κ3) is 2.49. The minimum absolute atomic E-state index is 0.0462. The SMILES string of the molecule is C[C@H]1N[C@@H]2C(O)=C(C(N)=O)C(=O)[C@@]3(O)C(O)=C4C(=O)c5c(O)cc(C6CCCN6C)cc5C[C@H]4C[C@]213. The number of nitrogens with zero attached hydrogens (tertiary/aromatic N) is 1. The predicted octanol–water partition coefficient (Wildman–Crippen LogP) is 0.688. The Bertz CT molecular complexity index is 1330. The van der Waals surface area contributed by atoms with Gasteiger partial charge < -0.3 is 31.5 Å². The fraction of sp³-hybridized carbons (Fsp3) is 0.500. The van der Waals surface area contributed by atoms with Crippen LogP contribution in [0.15, 0.2) is 34.8 Å². The number of amides is 1. The number of hydrogen-bond donors (Lipinski definition) is 6. The monoisotopic (exact) mass is 495 g/mol. The van der Waals surface area contributed by atoms with Crippen LogP contribution in [-0.4, -0.2) is 74.1 Å². The molecule has 2 saturated heterocycles. The van der Waals surface area contributed by atoms with Crippen LogP contribution in [0.3, 0.4) is 0 Å². The van der Waals surface area contributed by atoms with Crippen molar-refractivity contribution in [2.45, 2.75) is 56.3 Å². The maximum absolute atomic E-state index is 13.7. The number of phenols is 1. The number of benzene rings is 1. The van der Waals surface area contributed by atoms with Crippen molar-refractivity contribution in [1.82, 2.24) is 10.2 Å². The standard InChI is InChI=1S/C26H29N3O7/c1-10-25-9-13-7-12-6-11(14-4-3-5-29(14)2)8-15(30)16(12)19(31)17(13)22(33)26(25,36)23(34)18(24(27)35)20(32)21(25)28-10/h6,8,10,13-14,21,28,30,32-33,36H,3-5,7,9H2,1-2H3,(H2,27,35)/t10-,13+,14?,21-,25-,26+/m1/s1. The zero-order valence-electron chi connectivity index (χ0n) is 20.0. The third-order valence-corrected chi connectivity index (χ3v) is 9.36. The van der Waals surface area contributed by atoms with E-state index in [9.17, 15) is 34.8 Å². The summed E-state index contributed by atoms with van der Waals surface area (Å²) in [6.07, 6.45) is 2.38. The van der Waals surface area contributed by atoms with Gasteiger partial charge in [-0.15, -0.1) is 0 Å². The van der Waals surface area contributed by atoms with Gasteiger partial charge in [-0.1, -0.05) is 6.07 Å². The lowest BCUT2D eigenvalue weighted by atomic mass is 9.45. The van der Waals surface area contributed by atoms with Crippen LogP contribution in [0.4, 0.5) is 0 Å². The van der Waals surface area contributed by atoms with Gasteiger partial charge in [0.1, 0.15) is 22.8 Å². The summed E-state index contributed by atoms with van der Waals surface area (Å²) in [6.45, 7) is 2.66. The normalized spacial score (nSPS) is 37.8. The van der Waals surface area contributed by atoms with E-state index in [-0.39, 0.29) is 29.3 Å². The first-order chi connectivity index (χ1) is 16.9. The Morgan fingerprint density at radius 3 is 2.56 bits per heavy atom. The van der Waals surface area contributed by atoms with Crippen molar-refractivity contribution >= 4 is 17.5 Å². The molecule has 190 valence electrons. The van der Waals surface area contributed by atoms with Gasteiger partial charge in [0.05, 0.1) is 17.0 Å². The van der Waals surface area contributed by atoms with Crippen molar-refractivity contribution in [1.29, 1.82) is 0 Å². The molecular weight excluding hydrogens is 466 g/mol. The van der Waals surface area contributed by atoms with Crippen molar-refractivity contribution in [3.63, 3.8) is 0 Å². The Balaban J connectivity index is 1.52. The third-order valence-electron chi connectivity index (χ3n) is 9.36. The molecule has 10 heteroatoms. The number of nitrogens with one attached hydrogen (secondary N) is 1. The molecule has 3 aliphatic carbocycles. The fourth-order valence-electron chi connectivity index (χ4n) is 7.63. The number of allylic oxidation sites excluding steroid dienone is 1. The van der Waals surface area contributed by atoms with Crippen LogP contribution in [0.25, 0.3) is 0 Å². The zero-order chi connectivity index (χ0) is 25.9. The van der Waals surface area contributed by atoms with E-state index in [2.05, 4.69) is 10.2 Å². The smallest absolute Gasteiger partial charge is 0.255 e.